The Kier molecular flexibility index (Phi) is 4.00. The van der Waals surface area contributed by atoms with Crippen LogP contribution in [0.1, 0.15) is 28.7 Å². The third kappa shape index (κ3) is 3.13. The number of fused-ring (bicyclic) bond motifs is 1. The number of rotatable bonds is 3. The lowest BCUT2D eigenvalue weighted by molar-refractivity contribution is -0.125. The molecule has 108 valence electrons. The van der Waals surface area contributed by atoms with Crippen LogP contribution >= 0.6 is 0 Å². The van der Waals surface area contributed by atoms with Gasteiger partial charge in [-0.05, 0) is 54.5 Å². The molecule has 1 aliphatic rings. The molecular formula is C18H20N2O. The molecule has 1 aliphatic carbocycles. The Morgan fingerprint density at radius 2 is 2.10 bits per heavy atom. The highest BCUT2D eigenvalue weighted by molar-refractivity contribution is 5.79. The third-order valence-corrected chi connectivity index (χ3v) is 4.32. The predicted octanol–water partition coefficient (Wildman–Crippen LogP) is 2.81. The van der Waals surface area contributed by atoms with Gasteiger partial charge in [-0.25, -0.2) is 0 Å². The van der Waals surface area contributed by atoms with Crippen molar-refractivity contribution >= 4 is 5.91 Å². The van der Waals surface area contributed by atoms with E-state index < -0.39 is 0 Å². The SMILES string of the molecule is Cc1ccncc1CNC(=O)C1CCc2ccccc2C1. The molecule has 1 aromatic heterocycles. The molecule has 1 N–H and O–H groups in total. The number of pyridine rings is 1. The first-order valence-corrected chi connectivity index (χ1v) is 7.48. The van der Waals surface area contributed by atoms with Crippen LogP contribution < -0.4 is 5.32 Å². The van der Waals surface area contributed by atoms with Crippen molar-refractivity contribution in [3.05, 3.63) is 65.0 Å². The van der Waals surface area contributed by atoms with Gasteiger partial charge in [0.2, 0.25) is 5.91 Å². The van der Waals surface area contributed by atoms with E-state index >= 15 is 0 Å². The van der Waals surface area contributed by atoms with Crippen LogP contribution in [0.4, 0.5) is 0 Å². The van der Waals surface area contributed by atoms with E-state index in [4.69, 9.17) is 0 Å². The van der Waals surface area contributed by atoms with Crippen LogP contribution in [-0.4, -0.2) is 10.9 Å². The van der Waals surface area contributed by atoms with Gasteiger partial charge in [0.1, 0.15) is 0 Å². The van der Waals surface area contributed by atoms with Gasteiger partial charge in [0.15, 0.2) is 0 Å². The van der Waals surface area contributed by atoms with Crippen LogP contribution in [0.3, 0.4) is 0 Å². The van der Waals surface area contributed by atoms with E-state index in [-0.39, 0.29) is 11.8 Å². The van der Waals surface area contributed by atoms with Gasteiger partial charge in [0.25, 0.3) is 0 Å². The maximum atomic E-state index is 12.4. The molecule has 0 spiro atoms. The van der Waals surface area contributed by atoms with Gasteiger partial charge >= 0.3 is 0 Å². The number of carbonyl (C=O) groups is 1. The van der Waals surface area contributed by atoms with Crippen LogP contribution in [0.25, 0.3) is 0 Å². The van der Waals surface area contributed by atoms with E-state index in [1.165, 1.54) is 16.7 Å². The fourth-order valence-electron chi connectivity index (χ4n) is 2.93. The van der Waals surface area contributed by atoms with Crippen LogP contribution in [0.2, 0.25) is 0 Å². The summed E-state index contributed by atoms with van der Waals surface area (Å²) in [5.41, 5.74) is 4.97. The van der Waals surface area contributed by atoms with Gasteiger partial charge < -0.3 is 5.32 Å². The van der Waals surface area contributed by atoms with E-state index in [0.717, 1.165) is 24.8 Å². The first kappa shape index (κ1) is 13.8. The molecule has 3 nitrogen and oxygen atoms in total. The maximum Gasteiger partial charge on any atom is 0.223 e. The number of benzene rings is 1. The van der Waals surface area contributed by atoms with Crippen molar-refractivity contribution in [1.29, 1.82) is 0 Å². The van der Waals surface area contributed by atoms with Gasteiger partial charge in [-0.3, -0.25) is 9.78 Å². The number of nitrogens with one attached hydrogen (secondary N) is 1. The molecule has 1 heterocycles. The highest BCUT2D eigenvalue weighted by atomic mass is 16.1. The summed E-state index contributed by atoms with van der Waals surface area (Å²) in [5.74, 6) is 0.254. The Morgan fingerprint density at radius 3 is 2.90 bits per heavy atom. The number of aromatic nitrogens is 1. The highest BCUT2D eigenvalue weighted by Crippen LogP contribution is 2.25. The largest absolute Gasteiger partial charge is 0.352 e. The quantitative estimate of drug-likeness (QED) is 0.939. The van der Waals surface area contributed by atoms with Crippen molar-refractivity contribution in [2.75, 3.05) is 0 Å². The van der Waals surface area contributed by atoms with Crippen molar-refractivity contribution < 1.29 is 4.79 Å². The van der Waals surface area contributed by atoms with E-state index in [2.05, 4.69) is 34.6 Å². The third-order valence-electron chi connectivity index (χ3n) is 4.32. The number of nitrogens with zero attached hydrogens (tertiary/aromatic N) is 1. The second-order valence-corrected chi connectivity index (χ2v) is 5.73. The van der Waals surface area contributed by atoms with Gasteiger partial charge in [0, 0.05) is 24.9 Å². The average Bonchev–Trinajstić information content (AvgIpc) is 2.53. The summed E-state index contributed by atoms with van der Waals surface area (Å²) in [6.07, 6.45) is 6.40. The minimum Gasteiger partial charge on any atom is -0.352 e. The number of aryl methyl sites for hydroxylation is 2. The van der Waals surface area contributed by atoms with Crippen LogP contribution in [0, 0.1) is 12.8 Å². The molecule has 3 rings (SSSR count). The van der Waals surface area contributed by atoms with Gasteiger partial charge in [-0.2, -0.15) is 0 Å². The molecule has 2 aromatic rings. The Hall–Kier alpha value is -2.16. The zero-order valence-corrected chi connectivity index (χ0v) is 12.3. The van der Waals surface area contributed by atoms with Crippen molar-refractivity contribution in [1.82, 2.24) is 10.3 Å². The minimum atomic E-state index is 0.0943. The normalized spacial score (nSPS) is 17.1. The van der Waals surface area contributed by atoms with E-state index in [1.807, 2.05) is 19.2 Å². The molecular weight excluding hydrogens is 260 g/mol. The summed E-state index contributed by atoms with van der Waals surface area (Å²) in [6.45, 7) is 2.61. The zero-order chi connectivity index (χ0) is 14.7. The first-order chi connectivity index (χ1) is 10.2. The van der Waals surface area contributed by atoms with Crippen LogP contribution in [0.15, 0.2) is 42.7 Å². The Morgan fingerprint density at radius 1 is 1.29 bits per heavy atom. The molecule has 1 amide bonds. The summed E-state index contributed by atoms with van der Waals surface area (Å²) in [4.78, 5) is 16.5. The molecule has 21 heavy (non-hydrogen) atoms. The Bertz CT molecular complexity index is 651. The van der Waals surface area contributed by atoms with E-state index in [9.17, 15) is 4.79 Å². The minimum absolute atomic E-state index is 0.0943. The van der Waals surface area contributed by atoms with Crippen molar-refractivity contribution in [3.63, 3.8) is 0 Å². The van der Waals surface area contributed by atoms with Gasteiger partial charge in [-0.1, -0.05) is 24.3 Å². The maximum absolute atomic E-state index is 12.4. The molecule has 0 aliphatic heterocycles. The number of amides is 1. The predicted molar refractivity (Wildman–Crippen MR) is 82.8 cm³/mol. The average molecular weight is 280 g/mol. The standard InChI is InChI=1S/C18H20N2O/c1-13-8-9-19-11-17(13)12-20-18(21)16-7-6-14-4-2-3-5-15(14)10-16/h2-5,8-9,11,16H,6-7,10,12H2,1H3,(H,20,21). The second kappa shape index (κ2) is 6.08. The molecule has 3 heteroatoms. The monoisotopic (exact) mass is 280 g/mol. The number of hydrogen-bond donors (Lipinski definition) is 1. The molecule has 0 saturated heterocycles. The Labute approximate surface area is 125 Å². The van der Waals surface area contributed by atoms with Crippen LogP contribution in [0.5, 0.6) is 0 Å². The molecule has 0 radical (unpaired) electrons. The fraction of sp³-hybridized carbons (Fsp3) is 0.333. The van der Waals surface area contributed by atoms with E-state index in [0.29, 0.717) is 6.54 Å². The highest BCUT2D eigenvalue weighted by Gasteiger charge is 2.24. The van der Waals surface area contributed by atoms with Gasteiger partial charge in [0.05, 0.1) is 0 Å². The number of hydrogen-bond acceptors (Lipinski definition) is 2. The Balaban J connectivity index is 1.61. The zero-order valence-electron chi connectivity index (χ0n) is 12.3. The van der Waals surface area contributed by atoms with Crippen molar-refractivity contribution in [2.45, 2.75) is 32.7 Å². The molecule has 1 atom stereocenters. The summed E-state index contributed by atoms with van der Waals surface area (Å²) in [7, 11) is 0. The van der Waals surface area contributed by atoms with Crippen molar-refractivity contribution in [3.8, 4) is 0 Å². The summed E-state index contributed by atoms with van der Waals surface area (Å²) in [5, 5.41) is 3.06. The van der Waals surface area contributed by atoms with E-state index in [1.54, 1.807) is 6.20 Å². The molecule has 0 fully saturated rings. The van der Waals surface area contributed by atoms with Gasteiger partial charge in [-0.15, -0.1) is 0 Å². The molecule has 0 bridgehead atoms. The lowest BCUT2D eigenvalue weighted by Crippen LogP contribution is -2.33. The number of carbonyl (C=O) groups excluding carboxylic acids is 1. The molecule has 1 unspecified atom stereocenters. The molecule has 0 saturated carbocycles. The summed E-state index contributed by atoms with van der Waals surface area (Å²) >= 11 is 0. The van der Waals surface area contributed by atoms with Crippen molar-refractivity contribution in [2.24, 2.45) is 5.92 Å². The first-order valence-electron chi connectivity index (χ1n) is 7.48. The smallest absolute Gasteiger partial charge is 0.223 e. The van der Waals surface area contributed by atoms with Crippen LogP contribution in [-0.2, 0) is 24.2 Å². The summed E-state index contributed by atoms with van der Waals surface area (Å²) in [6, 6.07) is 10.4. The summed E-state index contributed by atoms with van der Waals surface area (Å²) < 4.78 is 0. The second-order valence-electron chi connectivity index (χ2n) is 5.73. The fourth-order valence-corrected chi connectivity index (χ4v) is 2.93. The lowest BCUT2D eigenvalue weighted by atomic mass is 9.83. The lowest BCUT2D eigenvalue weighted by Gasteiger charge is -2.23. The molecule has 1 aromatic carbocycles. The topological polar surface area (TPSA) is 42.0 Å².